The van der Waals surface area contributed by atoms with Crippen molar-refractivity contribution in [3.05, 3.63) is 65.2 Å². The van der Waals surface area contributed by atoms with Gasteiger partial charge in [-0.1, -0.05) is 31.2 Å². The first-order valence-corrected chi connectivity index (χ1v) is 11.8. The Bertz CT molecular complexity index is 840. The van der Waals surface area contributed by atoms with Crippen LogP contribution in [0.4, 0.5) is 0 Å². The highest BCUT2D eigenvalue weighted by Gasteiger charge is 2.17. The van der Waals surface area contributed by atoms with E-state index in [1.807, 2.05) is 24.3 Å². The van der Waals surface area contributed by atoms with Gasteiger partial charge in [0.2, 0.25) is 0 Å². The highest BCUT2D eigenvalue weighted by atomic mass is 16.5. The molecule has 2 heterocycles. The molecular weight excluding hydrogens is 402 g/mol. The van der Waals surface area contributed by atoms with Crippen LogP contribution >= 0.6 is 0 Å². The van der Waals surface area contributed by atoms with Gasteiger partial charge in [0.25, 0.3) is 5.91 Å². The second-order valence-corrected chi connectivity index (χ2v) is 8.68. The summed E-state index contributed by atoms with van der Waals surface area (Å²) in [6.45, 7) is 10.8. The molecule has 2 aromatic rings. The van der Waals surface area contributed by atoms with E-state index < -0.39 is 0 Å². The number of rotatable bonds is 9. The molecule has 0 spiro atoms. The van der Waals surface area contributed by atoms with Gasteiger partial charge in [0.1, 0.15) is 12.4 Å². The third-order valence-corrected chi connectivity index (χ3v) is 6.37. The molecule has 0 bridgehead atoms. The number of likely N-dealkylation sites (N-methyl/N-ethyl adjacent to an activating group) is 1. The lowest BCUT2D eigenvalue weighted by atomic mass is 10.1. The normalized spacial score (nSPS) is 19.7. The van der Waals surface area contributed by atoms with Crippen LogP contribution in [0.15, 0.2) is 48.5 Å². The highest BCUT2D eigenvalue weighted by Crippen LogP contribution is 2.17. The standard InChI is InChI=1S/C26H35N3O3/c1-2-28-13-15-29(16-14-28)19-22-7-5-21(6-8-22)18-27-26(30)23-9-11-24(12-10-23)32-20-25-4-3-17-31-25/h5-12,25H,2-4,13-20H2,1H3,(H,27,30). The zero-order chi connectivity index (χ0) is 22.2. The van der Waals surface area contributed by atoms with Crippen LogP contribution in [0.3, 0.4) is 0 Å². The van der Waals surface area contributed by atoms with Crippen molar-refractivity contribution in [2.75, 3.05) is 45.9 Å². The largest absolute Gasteiger partial charge is 0.491 e. The van der Waals surface area contributed by atoms with Gasteiger partial charge in [0.05, 0.1) is 6.10 Å². The van der Waals surface area contributed by atoms with E-state index in [2.05, 4.69) is 46.3 Å². The Morgan fingerprint density at radius 2 is 1.69 bits per heavy atom. The molecule has 6 heteroatoms. The molecule has 6 nitrogen and oxygen atoms in total. The van der Waals surface area contributed by atoms with Crippen molar-refractivity contribution in [1.82, 2.24) is 15.1 Å². The minimum atomic E-state index is -0.0754. The fraction of sp³-hybridized carbons (Fsp3) is 0.500. The fourth-order valence-corrected chi connectivity index (χ4v) is 4.24. The third kappa shape index (κ3) is 6.55. The van der Waals surface area contributed by atoms with Gasteiger partial charge in [-0.3, -0.25) is 9.69 Å². The number of carbonyl (C=O) groups is 1. The van der Waals surface area contributed by atoms with Crippen LogP contribution in [-0.2, 0) is 17.8 Å². The van der Waals surface area contributed by atoms with Crippen LogP contribution in [0.25, 0.3) is 0 Å². The van der Waals surface area contributed by atoms with Gasteiger partial charge in [0.15, 0.2) is 0 Å². The summed E-state index contributed by atoms with van der Waals surface area (Å²) in [5.41, 5.74) is 3.07. The summed E-state index contributed by atoms with van der Waals surface area (Å²) in [4.78, 5) is 17.5. The van der Waals surface area contributed by atoms with Gasteiger partial charge in [-0.2, -0.15) is 0 Å². The van der Waals surface area contributed by atoms with Gasteiger partial charge in [0, 0.05) is 51.4 Å². The number of benzene rings is 2. The van der Waals surface area contributed by atoms with Gasteiger partial charge >= 0.3 is 0 Å². The van der Waals surface area contributed by atoms with E-state index in [4.69, 9.17) is 9.47 Å². The number of hydrogen-bond donors (Lipinski definition) is 1. The smallest absolute Gasteiger partial charge is 0.251 e. The molecule has 32 heavy (non-hydrogen) atoms. The molecule has 1 unspecified atom stereocenters. The zero-order valence-corrected chi connectivity index (χ0v) is 19.1. The topological polar surface area (TPSA) is 54.0 Å². The second-order valence-electron chi connectivity index (χ2n) is 8.68. The Hall–Kier alpha value is -2.41. The maximum Gasteiger partial charge on any atom is 0.251 e. The van der Waals surface area contributed by atoms with Gasteiger partial charge in [-0.15, -0.1) is 0 Å². The lowest BCUT2D eigenvalue weighted by Crippen LogP contribution is -2.45. The van der Waals surface area contributed by atoms with E-state index in [0.717, 1.165) is 70.0 Å². The first-order valence-electron chi connectivity index (χ1n) is 11.8. The number of piperazine rings is 1. The molecule has 0 aromatic heterocycles. The number of nitrogens with one attached hydrogen (secondary N) is 1. The number of amides is 1. The van der Waals surface area contributed by atoms with E-state index in [0.29, 0.717) is 18.7 Å². The van der Waals surface area contributed by atoms with E-state index in [1.165, 1.54) is 5.56 Å². The van der Waals surface area contributed by atoms with Gasteiger partial charge in [-0.25, -0.2) is 0 Å². The van der Waals surface area contributed by atoms with Crippen LogP contribution in [0.2, 0.25) is 0 Å². The van der Waals surface area contributed by atoms with E-state index in [-0.39, 0.29) is 12.0 Å². The molecule has 2 fully saturated rings. The molecule has 2 aliphatic rings. The molecule has 1 atom stereocenters. The summed E-state index contributed by atoms with van der Waals surface area (Å²) < 4.78 is 11.3. The minimum Gasteiger partial charge on any atom is -0.491 e. The number of carbonyl (C=O) groups excluding carboxylic acids is 1. The van der Waals surface area contributed by atoms with Crippen LogP contribution in [0.5, 0.6) is 5.75 Å². The highest BCUT2D eigenvalue weighted by molar-refractivity contribution is 5.94. The first-order chi connectivity index (χ1) is 15.7. The molecule has 0 aliphatic carbocycles. The predicted molar refractivity (Wildman–Crippen MR) is 126 cm³/mol. The summed E-state index contributed by atoms with van der Waals surface area (Å²) in [5, 5.41) is 3.01. The predicted octanol–water partition coefficient (Wildman–Crippen LogP) is 3.31. The summed E-state index contributed by atoms with van der Waals surface area (Å²) in [5.74, 6) is 0.692. The second kappa shape index (κ2) is 11.5. The van der Waals surface area contributed by atoms with Crippen molar-refractivity contribution >= 4 is 5.91 Å². The molecular formula is C26H35N3O3. The summed E-state index contributed by atoms with van der Waals surface area (Å²) in [7, 11) is 0. The molecule has 1 N–H and O–H groups in total. The van der Waals surface area contributed by atoms with E-state index in [1.54, 1.807) is 0 Å². The third-order valence-electron chi connectivity index (χ3n) is 6.37. The van der Waals surface area contributed by atoms with Crippen molar-refractivity contribution in [3.63, 3.8) is 0 Å². The van der Waals surface area contributed by atoms with Gasteiger partial charge < -0.3 is 19.7 Å². The SMILES string of the molecule is CCN1CCN(Cc2ccc(CNC(=O)c3ccc(OCC4CCCO4)cc3)cc2)CC1. The average molecular weight is 438 g/mol. The maximum atomic E-state index is 12.5. The van der Waals surface area contributed by atoms with Gasteiger partial charge in [-0.05, 0) is 54.8 Å². The van der Waals surface area contributed by atoms with Crippen LogP contribution in [0.1, 0.15) is 41.3 Å². The zero-order valence-electron chi connectivity index (χ0n) is 19.1. The lowest BCUT2D eigenvalue weighted by molar-refractivity contribution is 0.0679. The molecule has 0 saturated carbocycles. The molecule has 172 valence electrons. The Labute approximate surface area is 191 Å². The van der Waals surface area contributed by atoms with Crippen LogP contribution in [0, 0.1) is 0 Å². The molecule has 4 rings (SSSR count). The Morgan fingerprint density at radius 3 is 2.34 bits per heavy atom. The Kier molecular flexibility index (Phi) is 8.15. The molecule has 1 amide bonds. The Balaban J connectivity index is 1.19. The Morgan fingerprint density at radius 1 is 1.00 bits per heavy atom. The quantitative estimate of drug-likeness (QED) is 0.652. The minimum absolute atomic E-state index is 0.0754. The van der Waals surface area contributed by atoms with E-state index in [9.17, 15) is 4.79 Å². The number of hydrogen-bond acceptors (Lipinski definition) is 5. The van der Waals surface area contributed by atoms with Crippen molar-refractivity contribution in [1.29, 1.82) is 0 Å². The molecule has 2 aliphatic heterocycles. The maximum absolute atomic E-state index is 12.5. The van der Waals surface area contributed by atoms with Crippen molar-refractivity contribution in [3.8, 4) is 5.75 Å². The fourth-order valence-electron chi connectivity index (χ4n) is 4.24. The molecule has 0 radical (unpaired) electrons. The average Bonchev–Trinajstić information content (AvgIpc) is 3.37. The number of nitrogens with zero attached hydrogens (tertiary/aromatic N) is 2. The monoisotopic (exact) mass is 437 g/mol. The first kappa shape index (κ1) is 22.8. The number of ether oxygens (including phenoxy) is 2. The molecule has 2 aromatic carbocycles. The summed E-state index contributed by atoms with van der Waals surface area (Å²) in [6, 6.07) is 15.9. The van der Waals surface area contributed by atoms with Crippen molar-refractivity contribution < 1.29 is 14.3 Å². The summed E-state index contributed by atoms with van der Waals surface area (Å²) >= 11 is 0. The van der Waals surface area contributed by atoms with Crippen molar-refractivity contribution in [2.24, 2.45) is 0 Å². The lowest BCUT2D eigenvalue weighted by Gasteiger charge is -2.34. The van der Waals surface area contributed by atoms with E-state index >= 15 is 0 Å². The van der Waals surface area contributed by atoms with Crippen LogP contribution < -0.4 is 10.1 Å². The van der Waals surface area contributed by atoms with Crippen molar-refractivity contribution in [2.45, 2.75) is 39.0 Å². The molecule has 2 saturated heterocycles. The van der Waals surface area contributed by atoms with Crippen LogP contribution in [-0.4, -0.2) is 67.7 Å². The summed E-state index contributed by atoms with van der Waals surface area (Å²) in [6.07, 6.45) is 2.35.